The zero-order chi connectivity index (χ0) is 11.4. The molecule has 0 spiro atoms. The van der Waals surface area contributed by atoms with Crippen molar-refractivity contribution in [2.75, 3.05) is 19.6 Å². The van der Waals surface area contributed by atoms with Gasteiger partial charge in [-0.1, -0.05) is 19.0 Å². The molecule has 0 aromatic rings. The molecule has 3 atom stereocenters. The molecular weight excluding hydrogens is 194 g/mol. The Labute approximate surface area is 90.6 Å². The van der Waals surface area contributed by atoms with Gasteiger partial charge in [-0.05, 0) is 12.3 Å². The summed E-state index contributed by atoms with van der Waals surface area (Å²) < 4.78 is 0. The smallest absolute Gasteiger partial charge is 0.143 e. The van der Waals surface area contributed by atoms with Crippen LogP contribution in [0.3, 0.4) is 0 Å². The summed E-state index contributed by atoms with van der Waals surface area (Å²) in [4.78, 5) is 2.25. The number of amidine groups is 1. The number of hydrogen-bond acceptors (Lipinski definition) is 4. The predicted molar refractivity (Wildman–Crippen MR) is 58.8 cm³/mol. The summed E-state index contributed by atoms with van der Waals surface area (Å²) in [6.45, 7) is 6.53. The summed E-state index contributed by atoms with van der Waals surface area (Å²) in [6, 6.07) is 0. The van der Waals surface area contributed by atoms with Crippen molar-refractivity contribution in [3.05, 3.63) is 0 Å². The molecule has 1 saturated heterocycles. The van der Waals surface area contributed by atoms with Crippen molar-refractivity contribution in [2.45, 2.75) is 26.4 Å². The van der Waals surface area contributed by atoms with Crippen LogP contribution in [0, 0.1) is 11.8 Å². The Kier molecular flexibility index (Phi) is 4.35. The Balaban J connectivity index is 2.40. The lowest BCUT2D eigenvalue weighted by Gasteiger charge is -2.35. The zero-order valence-corrected chi connectivity index (χ0v) is 9.43. The highest BCUT2D eigenvalue weighted by Gasteiger charge is 2.25. The normalized spacial score (nSPS) is 31.5. The Hall–Kier alpha value is -0.810. The minimum atomic E-state index is -0.180. The molecule has 3 unspecified atom stereocenters. The highest BCUT2D eigenvalue weighted by atomic mass is 16.4. The van der Waals surface area contributed by atoms with Crippen LogP contribution in [0.1, 0.15) is 20.3 Å². The summed E-state index contributed by atoms with van der Waals surface area (Å²) in [5.41, 5.74) is 5.52. The van der Waals surface area contributed by atoms with Gasteiger partial charge in [0.2, 0.25) is 0 Å². The third-order valence-electron chi connectivity index (χ3n) is 3.10. The average molecular weight is 215 g/mol. The number of rotatable bonds is 3. The summed E-state index contributed by atoms with van der Waals surface area (Å²) in [5.74, 6) is 0.629. The number of hydrogen-bond donors (Lipinski definition) is 3. The van der Waals surface area contributed by atoms with Crippen molar-refractivity contribution in [3.8, 4) is 0 Å². The quantitative estimate of drug-likeness (QED) is 0.269. The molecule has 5 nitrogen and oxygen atoms in total. The molecule has 0 saturated carbocycles. The lowest BCUT2D eigenvalue weighted by atomic mass is 9.96. The number of piperidine rings is 1. The molecule has 1 rings (SSSR count). The second-order valence-corrected chi connectivity index (χ2v) is 4.52. The first-order valence-corrected chi connectivity index (χ1v) is 5.42. The van der Waals surface area contributed by atoms with Crippen molar-refractivity contribution >= 4 is 5.84 Å². The van der Waals surface area contributed by atoms with E-state index in [0.717, 1.165) is 26.1 Å². The van der Waals surface area contributed by atoms with Crippen LogP contribution in [-0.2, 0) is 0 Å². The SMILES string of the molecule is CC(CN1CCC(O)C(C)C1)C(N)=NO. The monoisotopic (exact) mass is 215 g/mol. The molecule has 88 valence electrons. The lowest BCUT2D eigenvalue weighted by molar-refractivity contribution is 0.0327. The second kappa shape index (κ2) is 5.32. The van der Waals surface area contributed by atoms with Crippen LogP contribution in [0.15, 0.2) is 5.16 Å². The molecule has 1 aliphatic rings. The van der Waals surface area contributed by atoms with Crippen molar-refractivity contribution in [1.29, 1.82) is 0 Å². The van der Waals surface area contributed by atoms with Crippen molar-refractivity contribution in [3.63, 3.8) is 0 Å². The van der Waals surface area contributed by atoms with E-state index in [4.69, 9.17) is 10.9 Å². The van der Waals surface area contributed by atoms with Gasteiger partial charge in [0, 0.05) is 25.6 Å². The van der Waals surface area contributed by atoms with E-state index in [0.29, 0.717) is 5.92 Å². The molecule has 0 aliphatic carbocycles. The number of aliphatic hydroxyl groups excluding tert-OH is 1. The molecule has 0 aromatic heterocycles. The van der Waals surface area contributed by atoms with Gasteiger partial charge < -0.3 is 20.9 Å². The van der Waals surface area contributed by atoms with Crippen molar-refractivity contribution < 1.29 is 10.3 Å². The zero-order valence-electron chi connectivity index (χ0n) is 9.43. The summed E-state index contributed by atoms with van der Waals surface area (Å²) in [6.07, 6.45) is 0.629. The van der Waals surface area contributed by atoms with Gasteiger partial charge in [0.25, 0.3) is 0 Å². The van der Waals surface area contributed by atoms with Crippen LogP contribution in [0.5, 0.6) is 0 Å². The molecular formula is C10H21N3O2. The number of nitrogens with zero attached hydrogens (tertiary/aromatic N) is 2. The van der Waals surface area contributed by atoms with Crippen LogP contribution in [-0.4, -0.2) is 46.8 Å². The molecule has 1 heterocycles. The fourth-order valence-electron chi connectivity index (χ4n) is 1.96. The number of nitrogens with two attached hydrogens (primary N) is 1. The largest absolute Gasteiger partial charge is 0.409 e. The van der Waals surface area contributed by atoms with E-state index in [9.17, 15) is 5.11 Å². The van der Waals surface area contributed by atoms with Gasteiger partial charge in [0.1, 0.15) is 5.84 Å². The fourth-order valence-corrected chi connectivity index (χ4v) is 1.96. The Bertz CT molecular complexity index is 233. The maximum Gasteiger partial charge on any atom is 0.143 e. The third-order valence-corrected chi connectivity index (χ3v) is 3.10. The van der Waals surface area contributed by atoms with E-state index in [2.05, 4.69) is 10.1 Å². The van der Waals surface area contributed by atoms with Crippen molar-refractivity contribution in [2.24, 2.45) is 22.7 Å². The van der Waals surface area contributed by atoms with Gasteiger partial charge in [-0.3, -0.25) is 0 Å². The summed E-state index contributed by atoms with van der Waals surface area (Å²) in [7, 11) is 0. The lowest BCUT2D eigenvalue weighted by Crippen LogP contribution is -2.45. The molecule has 0 bridgehead atoms. The molecule has 1 fully saturated rings. The van der Waals surface area contributed by atoms with E-state index in [1.165, 1.54) is 0 Å². The van der Waals surface area contributed by atoms with E-state index in [1.54, 1.807) is 0 Å². The Morgan fingerprint density at radius 2 is 2.33 bits per heavy atom. The number of oxime groups is 1. The van der Waals surface area contributed by atoms with Crippen LogP contribution in [0.25, 0.3) is 0 Å². The van der Waals surface area contributed by atoms with Gasteiger partial charge in [-0.25, -0.2) is 0 Å². The van der Waals surface area contributed by atoms with Gasteiger partial charge in [0.15, 0.2) is 0 Å². The van der Waals surface area contributed by atoms with Gasteiger partial charge in [-0.15, -0.1) is 0 Å². The van der Waals surface area contributed by atoms with E-state index in [-0.39, 0.29) is 17.9 Å². The predicted octanol–water partition coefficient (Wildman–Crippen LogP) is 0.0716. The maximum absolute atomic E-state index is 9.57. The minimum absolute atomic E-state index is 0.0532. The van der Waals surface area contributed by atoms with Gasteiger partial charge >= 0.3 is 0 Å². The molecule has 4 N–H and O–H groups in total. The molecule has 0 radical (unpaired) electrons. The third kappa shape index (κ3) is 3.35. The van der Waals surface area contributed by atoms with E-state index >= 15 is 0 Å². The van der Waals surface area contributed by atoms with E-state index in [1.807, 2.05) is 13.8 Å². The standard InChI is InChI=1S/C10H21N3O2/c1-7-5-13(4-3-9(7)14)6-8(2)10(11)12-15/h7-9,14-15H,3-6H2,1-2H3,(H2,11,12). The average Bonchev–Trinajstić information content (AvgIpc) is 2.22. The molecule has 1 aliphatic heterocycles. The topological polar surface area (TPSA) is 82.1 Å². The van der Waals surface area contributed by atoms with Crippen LogP contribution < -0.4 is 5.73 Å². The fraction of sp³-hybridized carbons (Fsp3) is 0.900. The molecule has 15 heavy (non-hydrogen) atoms. The first-order valence-electron chi connectivity index (χ1n) is 5.42. The van der Waals surface area contributed by atoms with Crippen LogP contribution >= 0.6 is 0 Å². The highest BCUT2D eigenvalue weighted by Crippen LogP contribution is 2.17. The Morgan fingerprint density at radius 1 is 1.67 bits per heavy atom. The highest BCUT2D eigenvalue weighted by molar-refractivity contribution is 5.82. The van der Waals surface area contributed by atoms with Gasteiger partial charge in [-0.2, -0.15) is 0 Å². The van der Waals surface area contributed by atoms with Crippen LogP contribution in [0.4, 0.5) is 0 Å². The van der Waals surface area contributed by atoms with E-state index < -0.39 is 0 Å². The molecule has 0 amide bonds. The Morgan fingerprint density at radius 3 is 2.87 bits per heavy atom. The number of likely N-dealkylation sites (tertiary alicyclic amines) is 1. The summed E-state index contributed by atoms with van der Waals surface area (Å²) in [5, 5.41) is 21.1. The molecule has 0 aromatic carbocycles. The van der Waals surface area contributed by atoms with Crippen molar-refractivity contribution in [1.82, 2.24) is 4.90 Å². The second-order valence-electron chi connectivity index (χ2n) is 4.52. The first-order chi connectivity index (χ1) is 7.04. The van der Waals surface area contributed by atoms with Crippen LogP contribution in [0.2, 0.25) is 0 Å². The minimum Gasteiger partial charge on any atom is -0.409 e. The molecule has 5 heteroatoms. The first kappa shape index (κ1) is 12.3. The summed E-state index contributed by atoms with van der Waals surface area (Å²) >= 11 is 0. The number of aliphatic hydroxyl groups is 1. The van der Waals surface area contributed by atoms with Gasteiger partial charge in [0.05, 0.1) is 6.10 Å². The maximum atomic E-state index is 9.57.